The molecule has 1 unspecified atom stereocenters. The van der Waals surface area contributed by atoms with Crippen LogP contribution in [-0.2, 0) is 4.79 Å². The predicted molar refractivity (Wildman–Crippen MR) is 67.2 cm³/mol. The van der Waals surface area contributed by atoms with Crippen LogP contribution in [-0.4, -0.2) is 17.1 Å². The minimum Gasteiger partial charge on any atom is -0.342 e. The smallest absolute Gasteiger partial charge is 0.342 e. The zero-order valence-corrected chi connectivity index (χ0v) is 11.2. The number of hydrogen-bond acceptors (Lipinski definition) is 3. The van der Waals surface area contributed by atoms with Gasteiger partial charge in [0.15, 0.2) is 4.47 Å². The summed E-state index contributed by atoms with van der Waals surface area (Å²) in [6, 6.07) is 4.18. The lowest BCUT2D eigenvalue weighted by molar-refractivity contribution is -0.174. The van der Waals surface area contributed by atoms with E-state index in [2.05, 4.69) is 4.98 Å². The molecule has 1 atom stereocenters. The third-order valence-corrected chi connectivity index (χ3v) is 3.61. The first-order valence-corrected chi connectivity index (χ1v) is 6.40. The van der Waals surface area contributed by atoms with Gasteiger partial charge in [-0.15, -0.1) is 11.3 Å². The highest BCUT2D eigenvalue weighted by Crippen LogP contribution is 2.28. The van der Waals surface area contributed by atoms with Crippen LogP contribution >= 0.6 is 22.9 Å². The van der Waals surface area contributed by atoms with E-state index in [4.69, 9.17) is 11.6 Å². The van der Waals surface area contributed by atoms with Crippen LogP contribution in [0.2, 0.25) is 4.47 Å². The molecule has 0 spiro atoms. The first kappa shape index (κ1) is 14.1. The van der Waals surface area contributed by atoms with Crippen molar-refractivity contribution in [2.24, 2.45) is 0 Å². The Morgan fingerprint density at radius 3 is 2.79 bits per heavy atom. The molecule has 1 heterocycles. The van der Waals surface area contributed by atoms with Crippen LogP contribution in [0.3, 0.4) is 0 Å². The molecule has 1 amide bonds. The molecule has 3 nitrogen and oxygen atoms in total. The number of amides is 1. The van der Waals surface area contributed by atoms with Gasteiger partial charge in [-0.3, -0.25) is 4.79 Å². The van der Waals surface area contributed by atoms with Crippen molar-refractivity contribution in [3.63, 3.8) is 0 Å². The Morgan fingerprint density at radius 2 is 2.16 bits per heavy atom. The molecule has 0 radical (unpaired) electrons. The molecular formula is C11H8ClF3N2OS. The van der Waals surface area contributed by atoms with Crippen molar-refractivity contribution in [3.8, 4) is 0 Å². The zero-order valence-electron chi connectivity index (χ0n) is 9.58. The Hall–Kier alpha value is -1.34. The van der Waals surface area contributed by atoms with Crippen molar-refractivity contribution in [2.75, 3.05) is 0 Å². The molecule has 0 aliphatic rings. The van der Waals surface area contributed by atoms with E-state index in [0.717, 1.165) is 4.70 Å². The number of fused-ring (bicyclic) bond motifs is 1. The molecule has 1 N–H and O–H groups in total. The average molecular weight is 309 g/mol. The minimum absolute atomic E-state index is 0.360. The third-order valence-electron chi connectivity index (χ3n) is 2.49. The number of alkyl halides is 3. The monoisotopic (exact) mass is 308 g/mol. The van der Waals surface area contributed by atoms with E-state index >= 15 is 0 Å². The van der Waals surface area contributed by atoms with Crippen molar-refractivity contribution in [1.29, 1.82) is 0 Å². The number of carbonyl (C=O) groups is 1. The summed E-state index contributed by atoms with van der Waals surface area (Å²) >= 11 is 6.98. The second-order valence-corrected chi connectivity index (χ2v) is 5.50. The molecule has 1 aromatic heterocycles. The largest absolute Gasteiger partial charge is 0.471 e. The Bertz CT molecular complexity index is 626. The highest BCUT2D eigenvalue weighted by atomic mass is 35.5. The van der Waals surface area contributed by atoms with Gasteiger partial charge in [-0.05, 0) is 24.6 Å². The maximum absolute atomic E-state index is 12.1. The van der Waals surface area contributed by atoms with E-state index in [1.54, 1.807) is 18.2 Å². The summed E-state index contributed by atoms with van der Waals surface area (Å²) in [6.45, 7) is 1.48. The molecule has 102 valence electrons. The Morgan fingerprint density at radius 1 is 1.47 bits per heavy atom. The molecule has 0 aliphatic carbocycles. The first-order valence-electron chi connectivity index (χ1n) is 5.21. The number of aromatic nitrogens is 1. The SMILES string of the molecule is CC(NC(=O)C(F)(F)F)c1ccc2nc(Cl)sc2c1. The van der Waals surface area contributed by atoms with Gasteiger partial charge in [0.05, 0.1) is 16.3 Å². The van der Waals surface area contributed by atoms with Gasteiger partial charge in [0, 0.05) is 0 Å². The van der Waals surface area contributed by atoms with Gasteiger partial charge in [-0.2, -0.15) is 13.2 Å². The predicted octanol–water partition coefficient (Wildman–Crippen LogP) is 3.69. The minimum atomic E-state index is -4.88. The topological polar surface area (TPSA) is 42.0 Å². The molecule has 2 rings (SSSR count). The van der Waals surface area contributed by atoms with E-state index < -0.39 is 18.1 Å². The van der Waals surface area contributed by atoms with Crippen LogP contribution in [0.1, 0.15) is 18.5 Å². The second kappa shape index (κ2) is 4.97. The van der Waals surface area contributed by atoms with E-state index in [0.29, 0.717) is 15.5 Å². The fourth-order valence-electron chi connectivity index (χ4n) is 1.54. The summed E-state index contributed by atoms with van der Waals surface area (Å²) in [7, 11) is 0. The molecule has 0 bridgehead atoms. The molecule has 8 heteroatoms. The molecule has 0 saturated heterocycles. The number of halogens is 4. The molecule has 2 aromatic rings. The van der Waals surface area contributed by atoms with Crippen LogP contribution in [0.4, 0.5) is 13.2 Å². The van der Waals surface area contributed by atoms with Crippen LogP contribution in [0.5, 0.6) is 0 Å². The summed E-state index contributed by atoms with van der Waals surface area (Å²) in [5.41, 5.74) is 1.23. The van der Waals surface area contributed by atoms with Crippen molar-refractivity contribution >= 4 is 39.1 Å². The Kier molecular flexibility index (Phi) is 3.69. The normalized spacial score (nSPS) is 13.5. The van der Waals surface area contributed by atoms with Gasteiger partial charge in [0.1, 0.15) is 0 Å². The van der Waals surface area contributed by atoms with Gasteiger partial charge in [-0.1, -0.05) is 17.7 Å². The van der Waals surface area contributed by atoms with Gasteiger partial charge in [0.2, 0.25) is 0 Å². The maximum Gasteiger partial charge on any atom is 0.471 e. The van der Waals surface area contributed by atoms with Crippen molar-refractivity contribution in [3.05, 3.63) is 28.2 Å². The van der Waals surface area contributed by atoms with Crippen molar-refractivity contribution in [2.45, 2.75) is 19.1 Å². The van der Waals surface area contributed by atoms with E-state index in [-0.39, 0.29) is 0 Å². The lowest BCUT2D eigenvalue weighted by Gasteiger charge is -2.15. The third kappa shape index (κ3) is 3.16. The first-order chi connectivity index (χ1) is 8.77. The second-order valence-electron chi connectivity index (χ2n) is 3.89. The van der Waals surface area contributed by atoms with Crippen molar-refractivity contribution in [1.82, 2.24) is 10.3 Å². The zero-order chi connectivity index (χ0) is 14.2. The Balaban J connectivity index is 2.21. The number of thiazole rings is 1. The lowest BCUT2D eigenvalue weighted by atomic mass is 10.1. The molecule has 0 aliphatic heterocycles. The number of carbonyl (C=O) groups excluding carboxylic acids is 1. The van der Waals surface area contributed by atoms with Gasteiger partial charge in [0.25, 0.3) is 0 Å². The lowest BCUT2D eigenvalue weighted by Crippen LogP contribution is -2.38. The van der Waals surface area contributed by atoms with Crippen molar-refractivity contribution < 1.29 is 18.0 Å². The summed E-state index contributed by atoms with van der Waals surface area (Å²) in [6.07, 6.45) is -4.88. The van der Waals surface area contributed by atoms with Gasteiger partial charge in [-0.25, -0.2) is 4.98 Å². The van der Waals surface area contributed by atoms with Gasteiger partial charge < -0.3 is 5.32 Å². The van der Waals surface area contributed by atoms with E-state index in [1.165, 1.54) is 18.3 Å². The van der Waals surface area contributed by atoms with Crippen LogP contribution in [0.15, 0.2) is 18.2 Å². The highest BCUT2D eigenvalue weighted by Gasteiger charge is 2.39. The maximum atomic E-state index is 12.1. The Labute approximate surface area is 115 Å². The number of hydrogen-bond donors (Lipinski definition) is 1. The van der Waals surface area contributed by atoms with E-state index in [1.807, 2.05) is 5.32 Å². The number of benzene rings is 1. The summed E-state index contributed by atoms with van der Waals surface area (Å²) in [5, 5.41) is 1.89. The van der Waals surface area contributed by atoms with E-state index in [9.17, 15) is 18.0 Å². The van der Waals surface area contributed by atoms with Gasteiger partial charge >= 0.3 is 12.1 Å². The quantitative estimate of drug-likeness (QED) is 0.919. The standard InChI is InChI=1S/C11H8ClF3N2OS/c1-5(16-9(18)11(13,14)15)6-2-3-7-8(4-6)19-10(12)17-7/h2-5H,1H3,(H,16,18). The fraction of sp³-hybridized carbons (Fsp3) is 0.273. The summed E-state index contributed by atoms with van der Waals surface area (Å²) < 4.78 is 37.6. The fourth-order valence-corrected chi connectivity index (χ4v) is 2.62. The molecular weight excluding hydrogens is 301 g/mol. The highest BCUT2D eigenvalue weighted by molar-refractivity contribution is 7.22. The van der Waals surface area contributed by atoms with Crippen LogP contribution < -0.4 is 5.32 Å². The summed E-state index contributed by atoms with van der Waals surface area (Å²) in [4.78, 5) is 14.9. The molecule has 19 heavy (non-hydrogen) atoms. The number of nitrogens with one attached hydrogen (secondary N) is 1. The molecule has 0 fully saturated rings. The number of rotatable bonds is 2. The van der Waals surface area contributed by atoms with Crippen LogP contribution in [0, 0.1) is 0 Å². The summed E-state index contributed by atoms with van der Waals surface area (Å²) in [5.74, 6) is -1.96. The number of nitrogens with zero attached hydrogens (tertiary/aromatic N) is 1. The van der Waals surface area contributed by atoms with Crippen LogP contribution in [0.25, 0.3) is 10.2 Å². The molecule has 1 aromatic carbocycles. The molecule has 0 saturated carbocycles. The average Bonchev–Trinajstić information content (AvgIpc) is 2.66.